The largest absolute Gasteiger partial charge is 0.493 e. The van der Waals surface area contributed by atoms with Crippen LogP contribution in [0.1, 0.15) is 51.0 Å². The highest BCUT2D eigenvalue weighted by atomic mass is 16.5. The van der Waals surface area contributed by atoms with Crippen LogP contribution in [0.3, 0.4) is 0 Å². The molecule has 29 heavy (non-hydrogen) atoms. The van der Waals surface area contributed by atoms with E-state index in [1.165, 1.54) is 12.8 Å². The molecule has 0 spiro atoms. The van der Waals surface area contributed by atoms with Gasteiger partial charge < -0.3 is 25.4 Å². The zero-order chi connectivity index (χ0) is 20.5. The molecule has 0 radical (unpaired) electrons. The van der Waals surface area contributed by atoms with Gasteiger partial charge in [-0.3, -0.25) is 4.79 Å². The first-order valence-electron chi connectivity index (χ1n) is 10.8. The fraction of sp³-hybridized carbons (Fsp3) is 0.636. The average molecular weight is 403 g/mol. The van der Waals surface area contributed by atoms with Crippen LogP contribution in [-0.2, 0) is 11.3 Å². The summed E-state index contributed by atoms with van der Waals surface area (Å²) in [7, 11) is 1.67. The predicted molar refractivity (Wildman–Crippen MR) is 114 cm³/mol. The van der Waals surface area contributed by atoms with Crippen molar-refractivity contribution in [2.24, 2.45) is 10.9 Å². The van der Waals surface area contributed by atoms with E-state index in [1.54, 1.807) is 7.11 Å². The first-order chi connectivity index (χ1) is 14.2. The van der Waals surface area contributed by atoms with Crippen LogP contribution < -0.4 is 25.4 Å². The normalized spacial score (nSPS) is 17.1. The summed E-state index contributed by atoms with van der Waals surface area (Å²) < 4.78 is 11.6. The number of benzene rings is 1. The minimum absolute atomic E-state index is 0.167. The summed E-state index contributed by atoms with van der Waals surface area (Å²) in [6.45, 7) is 4.58. The second kappa shape index (κ2) is 10.9. The van der Waals surface area contributed by atoms with Crippen molar-refractivity contribution in [1.29, 1.82) is 0 Å². The zero-order valence-electron chi connectivity index (χ0n) is 17.6. The van der Waals surface area contributed by atoms with Crippen LogP contribution in [0.15, 0.2) is 23.2 Å². The Morgan fingerprint density at radius 1 is 1.07 bits per heavy atom. The van der Waals surface area contributed by atoms with E-state index < -0.39 is 0 Å². The van der Waals surface area contributed by atoms with Gasteiger partial charge in [0.25, 0.3) is 0 Å². The number of guanidine groups is 1. The SMILES string of the molecule is CCNC(=NCc1ccc(OC2CCCC2)c(OC)c1)NCCNC(=O)C1CC1. The maximum atomic E-state index is 11.7. The Balaban J connectivity index is 1.51. The Labute approximate surface area is 173 Å². The molecule has 0 heterocycles. The number of aliphatic imine (C=N–C) groups is 1. The van der Waals surface area contributed by atoms with E-state index in [0.717, 1.165) is 55.3 Å². The van der Waals surface area contributed by atoms with E-state index in [-0.39, 0.29) is 11.8 Å². The molecule has 1 amide bonds. The fourth-order valence-corrected chi connectivity index (χ4v) is 3.46. The summed E-state index contributed by atoms with van der Waals surface area (Å²) >= 11 is 0. The van der Waals surface area contributed by atoms with E-state index in [1.807, 2.05) is 25.1 Å². The molecule has 1 aromatic rings. The molecule has 0 atom stereocenters. The number of methoxy groups -OCH3 is 1. The van der Waals surface area contributed by atoms with Gasteiger partial charge in [0.1, 0.15) is 0 Å². The van der Waals surface area contributed by atoms with Crippen molar-refractivity contribution in [1.82, 2.24) is 16.0 Å². The Morgan fingerprint density at radius 3 is 2.52 bits per heavy atom. The average Bonchev–Trinajstić information content (AvgIpc) is 3.47. The van der Waals surface area contributed by atoms with Gasteiger partial charge in [0.15, 0.2) is 17.5 Å². The number of carbonyl (C=O) groups is 1. The quantitative estimate of drug-likeness (QED) is 0.318. The second-order valence-corrected chi connectivity index (χ2v) is 7.70. The first-order valence-corrected chi connectivity index (χ1v) is 10.8. The lowest BCUT2D eigenvalue weighted by Crippen LogP contribution is -2.41. The molecule has 2 fully saturated rings. The molecule has 0 bridgehead atoms. The van der Waals surface area contributed by atoms with Crippen LogP contribution in [0.4, 0.5) is 0 Å². The number of amides is 1. The number of nitrogens with one attached hydrogen (secondary N) is 3. The van der Waals surface area contributed by atoms with Gasteiger partial charge in [0.2, 0.25) is 5.91 Å². The monoisotopic (exact) mass is 402 g/mol. The van der Waals surface area contributed by atoms with Crippen molar-refractivity contribution in [2.45, 2.75) is 58.1 Å². The lowest BCUT2D eigenvalue weighted by Gasteiger charge is -2.16. The molecule has 1 aromatic carbocycles. The van der Waals surface area contributed by atoms with Gasteiger partial charge >= 0.3 is 0 Å². The molecule has 0 saturated heterocycles. The third kappa shape index (κ3) is 6.84. The van der Waals surface area contributed by atoms with Crippen LogP contribution in [0.25, 0.3) is 0 Å². The topological polar surface area (TPSA) is 84.0 Å². The minimum Gasteiger partial charge on any atom is -0.493 e. The highest BCUT2D eigenvalue weighted by molar-refractivity contribution is 5.81. The number of rotatable bonds is 10. The van der Waals surface area contributed by atoms with E-state index in [2.05, 4.69) is 20.9 Å². The van der Waals surface area contributed by atoms with Crippen molar-refractivity contribution in [3.8, 4) is 11.5 Å². The lowest BCUT2D eigenvalue weighted by molar-refractivity contribution is -0.122. The number of hydrogen-bond donors (Lipinski definition) is 3. The maximum absolute atomic E-state index is 11.7. The molecular formula is C22H34N4O3. The summed E-state index contributed by atoms with van der Waals surface area (Å²) in [4.78, 5) is 16.3. The Kier molecular flexibility index (Phi) is 8.02. The third-order valence-electron chi connectivity index (χ3n) is 5.25. The van der Waals surface area contributed by atoms with Crippen molar-refractivity contribution in [3.05, 3.63) is 23.8 Å². The number of carbonyl (C=O) groups excluding carboxylic acids is 1. The zero-order valence-corrected chi connectivity index (χ0v) is 17.6. The molecule has 0 aliphatic heterocycles. The molecule has 3 N–H and O–H groups in total. The Bertz CT molecular complexity index is 697. The number of nitrogens with zero attached hydrogens (tertiary/aromatic N) is 1. The lowest BCUT2D eigenvalue weighted by atomic mass is 10.2. The van der Waals surface area contributed by atoms with Gasteiger partial charge in [-0.25, -0.2) is 4.99 Å². The molecule has 7 nitrogen and oxygen atoms in total. The number of ether oxygens (including phenoxy) is 2. The highest BCUT2D eigenvalue weighted by Crippen LogP contribution is 2.32. The smallest absolute Gasteiger partial charge is 0.223 e. The van der Waals surface area contributed by atoms with E-state index >= 15 is 0 Å². The highest BCUT2D eigenvalue weighted by Gasteiger charge is 2.28. The molecule has 3 rings (SSSR count). The summed E-state index contributed by atoms with van der Waals surface area (Å²) in [5.74, 6) is 2.71. The minimum atomic E-state index is 0.167. The van der Waals surface area contributed by atoms with Crippen LogP contribution in [-0.4, -0.2) is 44.7 Å². The molecular weight excluding hydrogens is 368 g/mol. The van der Waals surface area contributed by atoms with Crippen molar-refractivity contribution in [3.63, 3.8) is 0 Å². The molecule has 0 unspecified atom stereocenters. The first kappa shape index (κ1) is 21.3. The third-order valence-corrected chi connectivity index (χ3v) is 5.25. The van der Waals surface area contributed by atoms with Crippen LogP contribution in [0.5, 0.6) is 11.5 Å². The van der Waals surface area contributed by atoms with Crippen LogP contribution in [0, 0.1) is 5.92 Å². The van der Waals surface area contributed by atoms with Gasteiger partial charge in [-0.2, -0.15) is 0 Å². The van der Waals surface area contributed by atoms with Crippen LogP contribution in [0.2, 0.25) is 0 Å². The molecule has 2 saturated carbocycles. The predicted octanol–water partition coefficient (Wildman–Crippen LogP) is 2.60. The van der Waals surface area contributed by atoms with E-state index in [9.17, 15) is 4.79 Å². The van der Waals surface area contributed by atoms with Crippen molar-refractivity contribution in [2.75, 3.05) is 26.7 Å². The molecule has 2 aliphatic rings. The summed E-state index contributed by atoms with van der Waals surface area (Å²) in [5, 5.41) is 9.45. The van der Waals surface area contributed by atoms with E-state index in [4.69, 9.17) is 9.47 Å². The summed E-state index contributed by atoms with van der Waals surface area (Å²) in [5.41, 5.74) is 1.06. The molecule has 0 aromatic heterocycles. The molecule has 2 aliphatic carbocycles. The Hall–Kier alpha value is -2.44. The van der Waals surface area contributed by atoms with Crippen molar-refractivity contribution < 1.29 is 14.3 Å². The van der Waals surface area contributed by atoms with Gasteiger partial charge in [-0.05, 0) is 63.1 Å². The van der Waals surface area contributed by atoms with Gasteiger partial charge in [-0.1, -0.05) is 6.07 Å². The molecule has 160 valence electrons. The van der Waals surface area contributed by atoms with Gasteiger partial charge in [0.05, 0.1) is 19.8 Å². The fourth-order valence-electron chi connectivity index (χ4n) is 3.46. The van der Waals surface area contributed by atoms with Crippen LogP contribution >= 0.6 is 0 Å². The number of hydrogen-bond acceptors (Lipinski definition) is 4. The second-order valence-electron chi connectivity index (χ2n) is 7.70. The van der Waals surface area contributed by atoms with E-state index in [0.29, 0.717) is 25.7 Å². The Morgan fingerprint density at radius 2 is 1.83 bits per heavy atom. The summed E-state index contributed by atoms with van der Waals surface area (Å²) in [6.07, 6.45) is 7.07. The summed E-state index contributed by atoms with van der Waals surface area (Å²) in [6, 6.07) is 6.01. The molecule has 7 heteroatoms. The van der Waals surface area contributed by atoms with Crippen molar-refractivity contribution >= 4 is 11.9 Å². The van der Waals surface area contributed by atoms with Gasteiger partial charge in [-0.15, -0.1) is 0 Å². The standard InChI is InChI=1S/C22H34N4O3/c1-3-23-22(25-13-12-24-21(27)17-9-10-17)26-15-16-8-11-19(20(14-16)28-2)29-18-6-4-5-7-18/h8,11,14,17-18H,3-7,9-10,12-13,15H2,1-2H3,(H,24,27)(H2,23,25,26). The van der Waals surface area contributed by atoms with Gasteiger partial charge in [0, 0.05) is 25.6 Å². The maximum Gasteiger partial charge on any atom is 0.223 e.